The second-order valence-corrected chi connectivity index (χ2v) is 5.55. The molecule has 0 aliphatic rings. The molecule has 3 aromatic rings. The summed E-state index contributed by atoms with van der Waals surface area (Å²) in [6.45, 7) is 0. The van der Waals surface area contributed by atoms with Crippen LogP contribution in [0.4, 0.5) is 23.1 Å². The van der Waals surface area contributed by atoms with E-state index in [4.69, 9.17) is 18.9 Å². The molecule has 0 bridgehead atoms. The number of hydrogen-bond acceptors (Lipinski definition) is 9. The normalized spacial score (nSPS) is 10.1. The summed E-state index contributed by atoms with van der Waals surface area (Å²) in [5.74, 6) is 3.33. The van der Waals surface area contributed by atoms with Gasteiger partial charge in [-0.25, -0.2) is 0 Å². The van der Waals surface area contributed by atoms with E-state index < -0.39 is 0 Å². The summed E-state index contributed by atoms with van der Waals surface area (Å²) < 4.78 is 21.1. The molecular weight excluding hydrogens is 362 g/mol. The maximum Gasteiger partial charge on any atom is 0.249 e. The Morgan fingerprint density at radius 1 is 0.679 bits per heavy atom. The lowest BCUT2D eigenvalue weighted by Gasteiger charge is -2.12. The third kappa shape index (κ3) is 4.32. The second-order valence-electron chi connectivity index (χ2n) is 5.55. The van der Waals surface area contributed by atoms with Gasteiger partial charge in [-0.1, -0.05) is 0 Å². The van der Waals surface area contributed by atoms with E-state index >= 15 is 0 Å². The Bertz CT molecular complexity index is 879. The number of ether oxygens (including phenoxy) is 4. The largest absolute Gasteiger partial charge is 0.493 e. The first-order chi connectivity index (χ1) is 13.7. The molecule has 0 fully saturated rings. The molecular formula is C19H21N5O4. The van der Waals surface area contributed by atoms with Gasteiger partial charge in [0.05, 0.1) is 34.6 Å². The van der Waals surface area contributed by atoms with Crippen molar-refractivity contribution in [2.75, 3.05) is 39.1 Å². The fraction of sp³-hybridized carbons (Fsp3) is 0.211. The monoisotopic (exact) mass is 383 g/mol. The summed E-state index contributed by atoms with van der Waals surface area (Å²) in [7, 11) is 6.33. The highest BCUT2D eigenvalue weighted by Crippen LogP contribution is 2.32. The summed E-state index contributed by atoms with van der Waals surface area (Å²) >= 11 is 0. The molecule has 28 heavy (non-hydrogen) atoms. The summed E-state index contributed by atoms with van der Waals surface area (Å²) in [5.41, 5.74) is 1.51. The van der Waals surface area contributed by atoms with Crippen molar-refractivity contribution in [3.8, 4) is 23.0 Å². The lowest BCUT2D eigenvalue weighted by molar-refractivity contribution is 0.355. The lowest BCUT2D eigenvalue weighted by Crippen LogP contribution is -2.03. The summed E-state index contributed by atoms with van der Waals surface area (Å²) in [6.07, 6.45) is 1.52. The minimum atomic E-state index is 0.331. The molecule has 0 amide bonds. The average molecular weight is 383 g/mol. The fourth-order valence-corrected chi connectivity index (χ4v) is 2.52. The Kier molecular flexibility index (Phi) is 5.95. The molecule has 9 nitrogen and oxygen atoms in total. The van der Waals surface area contributed by atoms with Crippen molar-refractivity contribution in [2.45, 2.75) is 0 Å². The summed E-state index contributed by atoms with van der Waals surface area (Å²) in [6, 6.07) is 10.9. The molecule has 0 aliphatic carbocycles. The first-order valence-electron chi connectivity index (χ1n) is 8.34. The van der Waals surface area contributed by atoms with Gasteiger partial charge >= 0.3 is 0 Å². The van der Waals surface area contributed by atoms with Crippen LogP contribution >= 0.6 is 0 Å². The minimum absolute atomic E-state index is 0.331. The molecule has 146 valence electrons. The maximum atomic E-state index is 5.31. The van der Waals surface area contributed by atoms with E-state index in [1.807, 2.05) is 18.2 Å². The van der Waals surface area contributed by atoms with Crippen LogP contribution in [-0.4, -0.2) is 43.6 Å². The molecule has 0 atom stereocenters. The van der Waals surface area contributed by atoms with Gasteiger partial charge in [0.15, 0.2) is 28.8 Å². The lowest BCUT2D eigenvalue weighted by atomic mass is 10.2. The van der Waals surface area contributed by atoms with Crippen molar-refractivity contribution in [2.24, 2.45) is 0 Å². The molecule has 0 saturated heterocycles. The molecule has 2 aromatic carbocycles. The first-order valence-corrected chi connectivity index (χ1v) is 8.34. The van der Waals surface area contributed by atoms with Crippen molar-refractivity contribution < 1.29 is 18.9 Å². The zero-order valence-corrected chi connectivity index (χ0v) is 16.0. The van der Waals surface area contributed by atoms with Crippen molar-refractivity contribution in [3.05, 3.63) is 42.6 Å². The van der Waals surface area contributed by atoms with Gasteiger partial charge in [-0.2, -0.15) is 10.1 Å². The van der Waals surface area contributed by atoms with Crippen molar-refractivity contribution in [3.63, 3.8) is 0 Å². The Morgan fingerprint density at radius 2 is 1.21 bits per heavy atom. The van der Waals surface area contributed by atoms with E-state index in [1.165, 1.54) is 6.20 Å². The number of hydrogen-bond donors (Lipinski definition) is 2. The Hall–Kier alpha value is -3.75. The van der Waals surface area contributed by atoms with Crippen LogP contribution in [0.5, 0.6) is 23.0 Å². The van der Waals surface area contributed by atoms with Gasteiger partial charge in [-0.05, 0) is 24.3 Å². The standard InChI is InChI=1S/C19H21N5O4/c1-25-14-7-5-12(9-16(14)27-3)21-18-11-20-24-19(23-18)22-13-6-8-15(26-2)17(10-13)28-4/h5-11H,1-4H3,(H2,21,22,23,24). The smallest absolute Gasteiger partial charge is 0.249 e. The van der Waals surface area contributed by atoms with Crippen molar-refractivity contribution in [1.82, 2.24) is 15.2 Å². The third-order valence-electron chi connectivity index (χ3n) is 3.85. The Balaban J connectivity index is 1.77. The zero-order chi connectivity index (χ0) is 19.9. The van der Waals surface area contributed by atoms with Gasteiger partial charge in [0, 0.05) is 23.5 Å². The molecule has 3 rings (SSSR count). The molecule has 0 saturated carbocycles. The van der Waals surface area contributed by atoms with Gasteiger partial charge in [-0.15, -0.1) is 5.10 Å². The van der Waals surface area contributed by atoms with Gasteiger partial charge < -0.3 is 29.6 Å². The van der Waals surface area contributed by atoms with Crippen LogP contribution in [0, 0.1) is 0 Å². The predicted octanol–water partition coefficient (Wildman–Crippen LogP) is 3.39. The van der Waals surface area contributed by atoms with Crippen LogP contribution in [-0.2, 0) is 0 Å². The number of rotatable bonds is 8. The van der Waals surface area contributed by atoms with E-state index in [9.17, 15) is 0 Å². The predicted molar refractivity (Wildman–Crippen MR) is 105 cm³/mol. The minimum Gasteiger partial charge on any atom is -0.493 e. The maximum absolute atomic E-state index is 5.31. The highest BCUT2D eigenvalue weighted by atomic mass is 16.5. The number of nitrogens with one attached hydrogen (secondary N) is 2. The molecule has 0 unspecified atom stereocenters. The Morgan fingerprint density at radius 3 is 1.75 bits per heavy atom. The summed E-state index contributed by atoms with van der Waals surface area (Å²) in [4.78, 5) is 4.42. The van der Waals surface area contributed by atoms with Gasteiger partial charge in [0.25, 0.3) is 0 Å². The molecule has 2 N–H and O–H groups in total. The molecule has 9 heteroatoms. The first kappa shape index (κ1) is 19.0. The third-order valence-corrected chi connectivity index (χ3v) is 3.85. The zero-order valence-electron chi connectivity index (χ0n) is 16.0. The van der Waals surface area contributed by atoms with Gasteiger partial charge in [0.2, 0.25) is 5.95 Å². The number of anilines is 4. The summed E-state index contributed by atoms with van der Waals surface area (Å²) in [5, 5.41) is 14.2. The van der Waals surface area contributed by atoms with Crippen LogP contribution in [0.1, 0.15) is 0 Å². The fourth-order valence-electron chi connectivity index (χ4n) is 2.52. The van der Waals surface area contributed by atoms with Gasteiger partial charge in [0.1, 0.15) is 0 Å². The number of nitrogens with zero attached hydrogens (tertiary/aromatic N) is 3. The molecule has 0 spiro atoms. The van der Waals surface area contributed by atoms with Crippen LogP contribution in [0.3, 0.4) is 0 Å². The second kappa shape index (κ2) is 8.76. The van der Waals surface area contributed by atoms with E-state index in [0.717, 1.165) is 11.4 Å². The van der Waals surface area contributed by atoms with E-state index in [-0.39, 0.29) is 0 Å². The molecule has 0 radical (unpaired) electrons. The quantitative estimate of drug-likeness (QED) is 0.606. The molecule has 1 heterocycles. The van der Waals surface area contributed by atoms with Crippen LogP contribution in [0.2, 0.25) is 0 Å². The molecule has 0 aliphatic heterocycles. The Labute approximate surface area is 162 Å². The highest BCUT2D eigenvalue weighted by Gasteiger charge is 2.08. The van der Waals surface area contributed by atoms with Gasteiger partial charge in [-0.3, -0.25) is 0 Å². The van der Waals surface area contributed by atoms with Crippen molar-refractivity contribution in [1.29, 1.82) is 0 Å². The topological polar surface area (TPSA) is 99.7 Å². The van der Waals surface area contributed by atoms with E-state index in [1.54, 1.807) is 46.6 Å². The van der Waals surface area contributed by atoms with Crippen molar-refractivity contribution >= 4 is 23.1 Å². The number of benzene rings is 2. The number of methoxy groups -OCH3 is 4. The van der Waals surface area contributed by atoms with E-state index in [2.05, 4.69) is 25.8 Å². The SMILES string of the molecule is COc1ccc(Nc2cnnc(Nc3ccc(OC)c(OC)c3)n2)cc1OC. The van der Waals surface area contributed by atoms with Crippen LogP contribution in [0.25, 0.3) is 0 Å². The average Bonchev–Trinajstić information content (AvgIpc) is 2.73. The van der Waals surface area contributed by atoms with Crippen LogP contribution in [0.15, 0.2) is 42.6 Å². The van der Waals surface area contributed by atoms with Crippen LogP contribution < -0.4 is 29.6 Å². The molecule has 1 aromatic heterocycles. The van der Waals surface area contributed by atoms with E-state index in [0.29, 0.717) is 34.8 Å². The highest BCUT2D eigenvalue weighted by molar-refractivity contribution is 5.63. The number of aromatic nitrogens is 3.